The van der Waals surface area contributed by atoms with Gasteiger partial charge in [-0.3, -0.25) is 0 Å². The minimum absolute atomic E-state index is 0. The normalized spacial score (nSPS) is 30.5. The third-order valence-corrected chi connectivity index (χ3v) is 5.31. The van der Waals surface area contributed by atoms with Crippen LogP contribution in [-0.4, -0.2) is 21.9 Å². The third-order valence-electron chi connectivity index (χ3n) is 2.87. The van der Waals surface area contributed by atoms with Crippen LogP contribution in [0.1, 0.15) is 32.1 Å². The zero-order chi connectivity index (χ0) is 7.52. The van der Waals surface area contributed by atoms with E-state index in [0.29, 0.717) is 0 Å². The second-order valence-corrected chi connectivity index (χ2v) is 6.07. The Bertz CT molecular complexity index is 122. The molecule has 0 amide bonds. The first kappa shape index (κ1) is 10.9. The SMILES string of the molecule is C1CCC([SiH2]CC2CC2)OC1.[Pt]. The molecular formula is C9H18OPtSi. The average Bonchev–Trinajstić information content (AvgIpc) is 2.86. The van der Waals surface area contributed by atoms with Gasteiger partial charge in [-0.15, -0.1) is 0 Å². The van der Waals surface area contributed by atoms with Gasteiger partial charge >= 0.3 is 0 Å². The van der Waals surface area contributed by atoms with E-state index in [4.69, 9.17) is 4.74 Å². The van der Waals surface area contributed by atoms with Crippen molar-refractivity contribution < 1.29 is 25.8 Å². The van der Waals surface area contributed by atoms with Gasteiger partial charge in [-0.1, -0.05) is 18.9 Å². The first-order chi connectivity index (χ1) is 5.45. The van der Waals surface area contributed by atoms with E-state index in [1.807, 2.05) is 0 Å². The number of hydrogen-bond donors (Lipinski definition) is 0. The summed E-state index contributed by atoms with van der Waals surface area (Å²) in [5.74, 6) is 1.15. The van der Waals surface area contributed by atoms with E-state index in [-0.39, 0.29) is 30.6 Å². The summed E-state index contributed by atoms with van der Waals surface area (Å²) in [6.07, 6.45) is 7.19. The second kappa shape index (κ2) is 5.56. The van der Waals surface area contributed by atoms with Gasteiger partial charge in [0.15, 0.2) is 0 Å². The maximum Gasteiger partial charge on any atom is 0.0558 e. The summed E-state index contributed by atoms with van der Waals surface area (Å²) >= 11 is 0. The Kier molecular flexibility index (Phi) is 5.07. The Balaban J connectivity index is 0.000000720. The van der Waals surface area contributed by atoms with Gasteiger partial charge in [0.05, 0.1) is 9.52 Å². The van der Waals surface area contributed by atoms with Crippen LogP contribution in [0.15, 0.2) is 0 Å². The predicted octanol–water partition coefficient (Wildman–Crippen LogP) is 1.51. The molecule has 0 spiro atoms. The molecule has 1 unspecified atom stereocenters. The Labute approximate surface area is 91.7 Å². The summed E-state index contributed by atoms with van der Waals surface area (Å²) in [4.78, 5) is 0. The topological polar surface area (TPSA) is 9.23 Å². The first-order valence-electron chi connectivity index (χ1n) is 5.07. The molecule has 1 saturated heterocycles. The molecule has 1 nitrogen and oxygen atoms in total. The molecule has 1 aliphatic heterocycles. The van der Waals surface area contributed by atoms with Gasteiger partial charge < -0.3 is 4.74 Å². The van der Waals surface area contributed by atoms with Gasteiger partial charge in [0.25, 0.3) is 0 Å². The fraction of sp³-hybridized carbons (Fsp3) is 1.00. The molecule has 12 heavy (non-hydrogen) atoms. The van der Waals surface area contributed by atoms with Crippen molar-refractivity contribution in [2.45, 2.75) is 43.9 Å². The minimum atomic E-state index is 0. The molecule has 0 aromatic rings. The molecule has 0 aromatic heterocycles. The zero-order valence-corrected chi connectivity index (χ0v) is 11.2. The monoisotopic (exact) mass is 365 g/mol. The minimum Gasteiger partial charge on any atom is -0.382 e. The van der Waals surface area contributed by atoms with Gasteiger partial charge in [-0.2, -0.15) is 0 Å². The van der Waals surface area contributed by atoms with E-state index in [1.165, 1.54) is 32.1 Å². The average molecular weight is 365 g/mol. The predicted molar refractivity (Wildman–Crippen MR) is 49.7 cm³/mol. The Morgan fingerprint density at radius 1 is 1.17 bits per heavy atom. The van der Waals surface area contributed by atoms with Gasteiger partial charge in [0.1, 0.15) is 0 Å². The largest absolute Gasteiger partial charge is 0.382 e. The first-order valence-corrected chi connectivity index (χ1v) is 6.88. The summed E-state index contributed by atoms with van der Waals surface area (Å²) in [6, 6.07) is 1.57. The summed E-state index contributed by atoms with van der Waals surface area (Å²) in [5.41, 5.74) is 0.768. The molecule has 0 aromatic carbocycles. The molecule has 1 heterocycles. The fourth-order valence-electron chi connectivity index (χ4n) is 1.86. The molecule has 2 fully saturated rings. The van der Waals surface area contributed by atoms with E-state index in [2.05, 4.69) is 0 Å². The molecule has 0 bridgehead atoms. The van der Waals surface area contributed by atoms with Crippen molar-refractivity contribution in [3.8, 4) is 0 Å². The smallest absolute Gasteiger partial charge is 0.0558 e. The van der Waals surface area contributed by atoms with Crippen LogP contribution in [0.2, 0.25) is 6.04 Å². The number of ether oxygens (including phenoxy) is 1. The van der Waals surface area contributed by atoms with Gasteiger partial charge in [0.2, 0.25) is 0 Å². The zero-order valence-electron chi connectivity index (χ0n) is 7.54. The molecule has 2 rings (SSSR count). The quantitative estimate of drug-likeness (QED) is 0.689. The maximum atomic E-state index is 5.72. The van der Waals surface area contributed by atoms with Crippen LogP contribution in [0.25, 0.3) is 0 Å². The fourth-order valence-corrected chi connectivity index (χ4v) is 4.19. The van der Waals surface area contributed by atoms with Crippen molar-refractivity contribution in [2.75, 3.05) is 6.61 Å². The van der Waals surface area contributed by atoms with E-state index < -0.39 is 0 Å². The van der Waals surface area contributed by atoms with Crippen LogP contribution in [0, 0.1) is 5.92 Å². The van der Waals surface area contributed by atoms with Gasteiger partial charge in [-0.25, -0.2) is 0 Å². The van der Waals surface area contributed by atoms with Crippen LogP contribution < -0.4 is 0 Å². The van der Waals surface area contributed by atoms with Crippen LogP contribution >= 0.6 is 0 Å². The number of rotatable bonds is 3. The molecule has 2 aliphatic rings. The Morgan fingerprint density at radius 2 is 2.00 bits per heavy atom. The molecular weight excluding hydrogens is 347 g/mol. The Hall–Kier alpha value is 0.865. The molecule has 3 heteroatoms. The Morgan fingerprint density at radius 3 is 2.58 bits per heavy atom. The van der Waals surface area contributed by atoms with Crippen LogP contribution in [-0.2, 0) is 25.8 Å². The standard InChI is InChI=1S/C9H18OSi.Pt/c1-2-6-10-9(3-1)11-7-8-4-5-8;/h8-9H,1-7,11H2;. The van der Waals surface area contributed by atoms with Crippen molar-refractivity contribution in [3.63, 3.8) is 0 Å². The van der Waals surface area contributed by atoms with Gasteiger partial charge in [0, 0.05) is 33.4 Å². The summed E-state index contributed by atoms with van der Waals surface area (Å²) in [7, 11) is 0.158. The summed E-state index contributed by atoms with van der Waals surface area (Å²) in [6.45, 7) is 1.06. The van der Waals surface area contributed by atoms with E-state index in [1.54, 1.807) is 6.04 Å². The molecule has 74 valence electrons. The van der Waals surface area contributed by atoms with Crippen LogP contribution in [0.3, 0.4) is 0 Å². The third kappa shape index (κ3) is 3.72. The summed E-state index contributed by atoms with van der Waals surface area (Å²) in [5, 5.41) is 0. The summed E-state index contributed by atoms with van der Waals surface area (Å²) < 4.78 is 5.72. The molecule has 1 aliphatic carbocycles. The van der Waals surface area contributed by atoms with Gasteiger partial charge in [-0.05, 0) is 25.2 Å². The molecule has 0 N–H and O–H groups in total. The van der Waals surface area contributed by atoms with E-state index >= 15 is 0 Å². The van der Waals surface area contributed by atoms with Crippen molar-refractivity contribution in [1.29, 1.82) is 0 Å². The van der Waals surface area contributed by atoms with E-state index in [9.17, 15) is 0 Å². The molecule has 1 atom stereocenters. The van der Waals surface area contributed by atoms with Crippen LogP contribution in [0.5, 0.6) is 0 Å². The van der Waals surface area contributed by atoms with Crippen molar-refractivity contribution in [1.82, 2.24) is 0 Å². The second-order valence-electron chi connectivity index (χ2n) is 4.01. The van der Waals surface area contributed by atoms with Crippen LogP contribution in [0.4, 0.5) is 0 Å². The van der Waals surface area contributed by atoms with Crippen molar-refractivity contribution in [3.05, 3.63) is 0 Å². The maximum absolute atomic E-state index is 5.72. The molecule has 0 radical (unpaired) electrons. The van der Waals surface area contributed by atoms with Crippen molar-refractivity contribution in [2.24, 2.45) is 5.92 Å². The van der Waals surface area contributed by atoms with Crippen molar-refractivity contribution >= 4 is 9.52 Å². The molecule has 1 saturated carbocycles. The number of hydrogen-bond acceptors (Lipinski definition) is 1. The van der Waals surface area contributed by atoms with E-state index in [0.717, 1.165) is 18.3 Å².